The van der Waals surface area contributed by atoms with Gasteiger partial charge in [-0.15, -0.1) is 0 Å². The van der Waals surface area contributed by atoms with E-state index in [2.05, 4.69) is 15.6 Å². The van der Waals surface area contributed by atoms with Gasteiger partial charge in [0.05, 0.1) is 19.1 Å². The maximum Gasteiger partial charge on any atom is 0.411 e. The lowest BCUT2D eigenvalue weighted by Crippen LogP contribution is -2.44. The van der Waals surface area contributed by atoms with Gasteiger partial charge in [0.25, 0.3) is 5.91 Å². The summed E-state index contributed by atoms with van der Waals surface area (Å²) in [4.78, 5) is 70.4. The number of carbonyl (C=O) groups is 5. The van der Waals surface area contributed by atoms with E-state index in [1.807, 2.05) is 19.1 Å². The Kier molecular flexibility index (Phi) is 13.1. The van der Waals surface area contributed by atoms with Crippen LogP contribution in [0.2, 0.25) is 0 Å². The number of Topliss-reactive ketones (excluding diaryl/α,β-unsaturated/α-hetero) is 1. The molecule has 0 saturated carbocycles. The van der Waals surface area contributed by atoms with E-state index in [1.165, 1.54) is 17.1 Å². The quantitative estimate of drug-likeness (QED) is 0.400. The molecule has 3 heterocycles. The van der Waals surface area contributed by atoms with E-state index in [4.69, 9.17) is 13.9 Å². The number of ether oxygens (including phenoxy) is 2. The highest BCUT2D eigenvalue weighted by Crippen LogP contribution is 2.26. The molecule has 13 nitrogen and oxygen atoms in total. The zero-order valence-corrected chi connectivity index (χ0v) is 28.2. The molecule has 1 fully saturated rings. The molecule has 1 aromatic heterocycles. The Balaban J connectivity index is 1.54. The molecule has 0 spiro atoms. The number of amides is 3. The Labute approximate surface area is 285 Å². The summed E-state index contributed by atoms with van der Waals surface area (Å²) >= 11 is 0. The second-order valence-electron chi connectivity index (χ2n) is 12.5. The summed E-state index contributed by atoms with van der Waals surface area (Å²) in [5.41, 5.74) is 2.24. The molecule has 262 valence electrons. The van der Waals surface area contributed by atoms with Gasteiger partial charge < -0.3 is 29.2 Å². The van der Waals surface area contributed by atoms with Crippen molar-refractivity contribution in [3.63, 3.8) is 0 Å². The van der Waals surface area contributed by atoms with Crippen LogP contribution in [0, 0.1) is 18.8 Å². The van der Waals surface area contributed by atoms with Gasteiger partial charge in [0.1, 0.15) is 24.2 Å². The highest BCUT2D eigenvalue weighted by Gasteiger charge is 2.39. The summed E-state index contributed by atoms with van der Waals surface area (Å²) < 4.78 is 16.9. The summed E-state index contributed by atoms with van der Waals surface area (Å²) in [6.07, 6.45) is 7.00. The average molecular weight is 677 g/mol. The third kappa shape index (κ3) is 11.0. The van der Waals surface area contributed by atoms with Crippen molar-refractivity contribution in [1.29, 1.82) is 0 Å². The van der Waals surface area contributed by atoms with Crippen LogP contribution in [-0.4, -0.2) is 82.6 Å². The fourth-order valence-electron chi connectivity index (χ4n) is 5.64. The van der Waals surface area contributed by atoms with E-state index >= 15 is 0 Å². The van der Waals surface area contributed by atoms with E-state index in [0.717, 1.165) is 11.8 Å². The van der Waals surface area contributed by atoms with Gasteiger partial charge in [-0.2, -0.15) is 0 Å². The molecule has 0 aliphatic carbocycles. The molecule has 13 heteroatoms. The zero-order chi connectivity index (χ0) is 35.5. The second-order valence-corrected chi connectivity index (χ2v) is 12.5. The minimum atomic E-state index is -1.05. The number of aliphatic hydroxyl groups is 1. The van der Waals surface area contributed by atoms with Crippen LogP contribution in [0.4, 0.5) is 10.5 Å². The number of hydrogen-bond donors (Lipinski definition) is 3. The molecule has 49 heavy (non-hydrogen) atoms. The van der Waals surface area contributed by atoms with Crippen molar-refractivity contribution >= 4 is 35.3 Å². The minimum Gasteiger partial charge on any atom is -0.460 e. The predicted molar refractivity (Wildman–Crippen MR) is 179 cm³/mol. The van der Waals surface area contributed by atoms with Crippen molar-refractivity contribution < 1.29 is 43.0 Å². The van der Waals surface area contributed by atoms with E-state index in [9.17, 15) is 29.1 Å². The lowest BCUT2D eigenvalue weighted by atomic mass is 9.93. The molecular formula is C36H44N4O9. The standard InChI is InChI=1S/C36H44N4O9/c1-22-9-12-26(13-10-22)38-36(46)48-20-25(4)33-24(3)11-14-31(43)37-15-5-7-23(2)17-27(41)18-28(42)19-32-39-29(21-47-32)34(44)40-16-6-8-30(40)35(45)49-33/h5,7,9-14,17,21,24-25,27,30,33,41H,6,8,15-16,18-20H2,1-4H3,(H,37,43)(H,38,46)/b7-5?,14-11+,23-17?. The number of nitrogens with one attached hydrogen (secondary N) is 2. The predicted octanol–water partition coefficient (Wildman–Crippen LogP) is 4.07. The van der Waals surface area contributed by atoms with Crippen LogP contribution in [0.3, 0.4) is 0 Å². The fraction of sp³-hybridized carbons (Fsp3) is 0.444. The smallest absolute Gasteiger partial charge is 0.411 e. The van der Waals surface area contributed by atoms with E-state index in [-0.39, 0.29) is 55.8 Å². The Bertz CT molecular complexity index is 1590. The minimum absolute atomic E-state index is 0.0227. The van der Waals surface area contributed by atoms with Crippen LogP contribution in [0.25, 0.3) is 0 Å². The van der Waals surface area contributed by atoms with Crippen molar-refractivity contribution in [2.45, 2.75) is 71.6 Å². The number of allylic oxidation sites excluding steroid dienone is 2. The largest absolute Gasteiger partial charge is 0.460 e. The van der Waals surface area contributed by atoms with Crippen LogP contribution in [0.15, 0.2) is 70.9 Å². The van der Waals surface area contributed by atoms with Gasteiger partial charge in [0, 0.05) is 37.0 Å². The second kappa shape index (κ2) is 17.4. The van der Waals surface area contributed by atoms with Gasteiger partial charge in [-0.3, -0.25) is 19.7 Å². The summed E-state index contributed by atoms with van der Waals surface area (Å²) in [7, 11) is 0. The SMILES string of the molecule is CC1=CC(O)CC(=O)Cc2nc(co2)C(=O)N2CCCC2C(=O)OC(C(C)COC(=O)Nc2ccc(C)cc2)C(C)/C=C/C(=O)NCC=C1. The van der Waals surface area contributed by atoms with Gasteiger partial charge in [-0.25, -0.2) is 14.6 Å². The van der Waals surface area contributed by atoms with Gasteiger partial charge >= 0.3 is 12.1 Å². The van der Waals surface area contributed by atoms with Crippen LogP contribution >= 0.6 is 0 Å². The van der Waals surface area contributed by atoms with Gasteiger partial charge in [-0.1, -0.05) is 61.4 Å². The number of rotatable bonds is 4. The number of anilines is 1. The number of benzene rings is 1. The molecular weight excluding hydrogens is 632 g/mol. The average Bonchev–Trinajstić information content (AvgIpc) is 3.74. The number of hydrogen-bond acceptors (Lipinski definition) is 10. The molecule has 3 N–H and O–H groups in total. The lowest BCUT2D eigenvalue weighted by molar-refractivity contribution is -0.159. The molecule has 2 aliphatic rings. The van der Waals surface area contributed by atoms with Gasteiger partial charge in [0.15, 0.2) is 5.69 Å². The Hall–Kier alpha value is -5.04. The highest BCUT2D eigenvalue weighted by molar-refractivity contribution is 5.95. The number of fused-ring (bicyclic) bond motifs is 3. The molecule has 1 saturated heterocycles. The topological polar surface area (TPSA) is 177 Å². The van der Waals surface area contributed by atoms with Crippen LogP contribution < -0.4 is 10.6 Å². The fourth-order valence-corrected chi connectivity index (χ4v) is 5.64. The molecule has 2 bridgehead atoms. The monoisotopic (exact) mass is 676 g/mol. The number of nitrogens with zero attached hydrogens (tertiary/aromatic N) is 2. The number of ketones is 1. The first-order valence-corrected chi connectivity index (χ1v) is 16.4. The number of aromatic nitrogens is 1. The first-order chi connectivity index (χ1) is 23.4. The first kappa shape index (κ1) is 36.8. The molecule has 3 amide bonds. The third-order valence-electron chi connectivity index (χ3n) is 8.23. The summed E-state index contributed by atoms with van der Waals surface area (Å²) in [5, 5.41) is 15.8. The van der Waals surface area contributed by atoms with E-state index < -0.39 is 48.1 Å². The third-order valence-corrected chi connectivity index (χ3v) is 8.23. The number of esters is 1. The number of oxazole rings is 1. The molecule has 5 unspecified atom stereocenters. The van der Waals surface area contributed by atoms with Crippen LogP contribution in [-0.2, 0) is 30.3 Å². The Morgan fingerprint density at radius 1 is 1.16 bits per heavy atom. The van der Waals surface area contributed by atoms with Crippen molar-refractivity contribution in [3.8, 4) is 0 Å². The van der Waals surface area contributed by atoms with Crippen molar-refractivity contribution in [1.82, 2.24) is 15.2 Å². The molecule has 5 atom stereocenters. The molecule has 4 rings (SSSR count). The molecule has 2 aliphatic heterocycles. The van der Waals surface area contributed by atoms with Crippen LogP contribution in [0.5, 0.6) is 0 Å². The number of aliphatic hydroxyl groups excluding tert-OH is 1. The summed E-state index contributed by atoms with van der Waals surface area (Å²) in [6.45, 7) is 7.62. The lowest BCUT2D eigenvalue weighted by Gasteiger charge is -2.30. The maximum atomic E-state index is 13.7. The summed E-state index contributed by atoms with van der Waals surface area (Å²) in [5.74, 6) is -2.88. The number of aryl methyl sites for hydroxylation is 1. The van der Waals surface area contributed by atoms with Crippen molar-refractivity contribution in [2.75, 3.05) is 25.0 Å². The Morgan fingerprint density at radius 3 is 2.67 bits per heavy atom. The van der Waals surface area contributed by atoms with Gasteiger partial charge in [-0.05, 0) is 44.9 Å². The molecule has 0 radical (unpaired) electrons. The zero-order valence-electron chi connectivity index (χ0n) is 28.2. The van der Waals surface area contributed by atoms with E-state index in [1.54, 1.807) is 51.1 Å². The van der Waals surface area contributed by atoms with Gasteiger partial charge in [0.2, 0.25) is 11.8 Å². The summed E-state index contributed by atoms with van der Waals surface area (Å²) in [6, 6.07) is 6.31. The van der Waals surface area contributed by atoms with E-state index in [0.29, 0.717) is 24.1 Å². The van der Waals surface area contributed by atoms with Crippen molar-refractivity contribution in [3.05, 3.63) is 83.6 Å². The first-order valence-electron chi connectivity index (χ1n) is 16.4. The highest BCUT2D eigenvalue weighted by atomic mass is 16.6. The van der Waals surface area contributed by atoms with Crippen molar-refractivity contribution in [2.24, 2.45) is 11.8 Å². The normalized spacial score (nSPS) is 24.3. The number of cyclic esters (lactones) is 1. The maximum absolute atomic E-state index is 13.7. The van der Waals surface area contributed by atoms with Crippen LogP contribution in [0.1, 0.15) is 62.0 Å². The Morgan fingerprint density at radius 2 is 1.92 bits per heavy atom. The number of carbonyl (C=O) groups excluding carboxylic acids is 5. The molecule has 2 aromatic rings. The molecule has 1 aromatic carbocycles.